The molecule has 0 amide bonds. The first-order chi connectivity index (χ1) is 9.16. The van der Waals surface area contributed by atoms with Gasteiger partial charge in [0.15, 0.2) is 0 Å². The highest BCUT2D eigenvalue weighted by molar-refractivity contribution is 7.89. The standard InChI is InChI=1S/C13H18N2O4S/c1-9(2)8-15(3)12-6-5-10(20(14,17)18)7-11(12)13(16)19-4/h5-7H,1,8H2,2-4H3,(H2,14,17,18). The van der Waals surface area contributed by atoms with Gasteiger partial charge in [-0.15, -0.1) is 0 Å². The van der Waals surface area contributed by atoms with Gasteiger partial charge >= 0.3 is 5.97 Å². The summed E-state index contributed by atoms with van der Waals surface area (Å²) in [5.41, 5.74) is 1.59. The topological polar surface area (TPSA) is 89.7 Å². The first kappa shape index (κ1) is 16.2. The number of carbonyl (C=O) groups excluding carboxylic acids is 1. The molecule has 0 saturated heterocycles. The number of benzene rings is 1. The van der Waals surface area contributed by atoms with Crippen molar-refractivity contribution in [2.24, 2.45) is 5.14 Å². The van der Waals surface area contributed by atoms with Crippen LogP contribution in [0.2, 0.25) is 0 Å². The molecule has 0 aliphatic heterocycles. The van der Waals surface area contributed by atoms with Gasteiger partial charge in [0.2, 0.25) is 10.0 Å². The van der Waals surface area contributed by atoms with Crippen molar-refractivity contribution in [1.82, 2.24) is 0 Å². The SMILES string of the molecule is C=C(C)CN(C)c1ccc(S(N)(=O)=O)cc1C(=O)OC. The Labute approximate surface area is 118 Å². The monoisotopic (exact) mass is 298 g/mol. The molecule has 0 atom stereocenters. The molecule has 1 aromatic carbocycles. The van der Waals surface area contributed by atoms with Crippen LogP contribution in [0.5, 0.6) is 0 Å². The summed E-state index contributed by atoms with van der Waals surface area (Å²) in [5, 5.41) is 5.07. The van der Waals surface area contributed by atoms with Crippen LogP contribution >= 0.6 is 0 Å². The summed E-state index contributed by atoms with van der Waals surface area (Å²) < 4.78 is 27.4. The molecule has 1 aromatic rings. The summed E-state index contributed by atoms with van der Waals surface area (Å²) in [6.07, 6.45) is 0. The molecular formula is C13H18N2O4S. The Morgan fingerprint density at radius 2 is 2.05 bits per heavy atom. The Morgan fingerprint density at radius 3 is 2.50 bits per heavy atom. The highest BCUT2D eigenvalue weighted by atomic mass is 32.2. The Kier molecular flexibility index (Phi) is 4.91. The summed E-state index contributed by atoms with van der Waals surface area (Å²) >= 11 is 0. The molecule has 0 aliphatic carbocycles. The van der Waals surface area contributed by atoms with Crippen LogP contribution < -0.4 is 10.0 Å². The van der Waals surface area contributed by atoms with Crippen LogP contribution in [0.1, 0.15) is 17.3 Å². The zero-order chi connectivity index (χ0) is 15.5. The second-order valence-electron chi connectivity index (χ2n) is 4.53. The van der Waals surface area contributed by atoms with Crippen molar-refractivity contribution in [1.29, 1.82) is 0 Å². The first-order valence-electron chi connectivity index (χ1n) is 5.77. The van der Waals surface area contributed by atoms with Crippen LogP contribution in [-0.2, 0) is 14.8 Å². The number of carbonyl (C=O) groups is 1. The number of anilines is 1. The fourth-order valence-corrected chi connectivity index (χ4v) is 2.33. The molecule has 0 bridgehead atoms. The van der Waals surface area contributed by atoms with Crippen LogP contribution in [0.3, 0.4) is 0 Å². The van der Waals surface area contributed by atoms with Crippen molar-refractivity contribution in [3.05, 3.63) is 35.9 Å². The third-order valence-corrected chi connectivity index (χ3v) is 3.53. The van der Waals surface area contributed by atoms with E-state index >= 15 is 0 Å². The van der Waals surface area contributed by atoms with E-state index in [2.05, 4.69) is 11.3 Å². The molecule has 0 aliphatic rings. The Bertz CT molecular complexity index is 638. The van der Waals surface area contributed by atoms with Gasteiger partial charge in [0, 0.05) is 13.6 Å². The van der Waals surface area contributed by atoms with E-state index in [1.165, 1.54) is 25.3 Å². The molecule has 0 saturated carbocycles. The number of likely N-dealkylation sites (N-methyl/N-ethyl adjacent to an activating group) is 1. The van der Waals surface area contributed by atoms with Crippen LogP contribution in [-0.4, -0.2) is 35.1 Å². The van der Waals surface area contributed by atoms with E-state index in [9.17, 15) is 13.2 Å². The number of nitrogens with zero attached hydrogens (tertiary/aromatic N) is 1. The number of esters is 1. The van der Waals surface area contributed by atoms with E-state index < -0.39 is 16.0 Å². The normalized spacial score (nSPS) is 11.0. The van der Waals surface area contributed by atoms with Gasteiger partial charge in [-0.3, -0.25) is 0 Å². The zero-order valence-corrected chi connectivity index (χ0v) is 12.5. The molecule has 0 unspecified atom stereocenters. The highest BCUT2D eigenvalue weighted by Crippen LogP contribution is 2.24. The maximum atomic E-state index is 11.8. The zero-order valence-electron chi connectivity index (χ0n) is 11.7. The van der Waals surface area contributed by atoms with E-state index in [1.54, 1.807) is 11.9 Å². The second kappa shape index (κ2) is 6.06. The number of methoxy groups -OCH3 is 1. The Morgan fingerprint density at radius 1 is 1.45 bits per heavy atom. The molecule has 2 N–H and O–H groups in total. The number of sulfonamides is 1. The molecule has 0 fully saturated rings. The first-order valence-corrected chi connectivity index (χ1v) is 7.32. The molecule has 0 spiro atoms. The lowest BCUT2D eigenvalue weighted by Gasteiger charge is -2.22. The van der Waals surface area contributed by atoms with Gasteiger partial charge in [-0.25, -0.2) is 18.4 Å². The van der Waals surface area contributed by atoms with Crippen molar-refractivity contribution in [3.8, 4) is 0 Å². The predicted molar refractivity (Wildman–Crippen MR) is 77.2 cm³/mol. The third-order valence-electron chi connectivity index (χ3n) is 2.62. The van der Waals surface area contributed by atoms with Crippen molar-refractivity contribution in [3.63, 3.8) is 0 Å². The summed E-state index contributed by atoms with van der Waals surface area (Å²) in [6.45, 7) is 6.18. The van der Waals surface area contributed by atoms with Crippen LogP contribution in [0.15, 0.2) is 35.2 Å². The Balaban J connectivity index is 3.38. The van der Waals surface area contributed by atoms with Crippen molar-refractivity contribution >= 4 is 21.7 Å². The quantitative estimate of drug-likeness (QED) is 0.650. The van der Waals surface area contributed by atoms with Gasteiger partial charge in [0.25, 0.3) is 0 Å². The minimum atomic E-state index is -3.88. The fraction of sp³-hybridized carbons (Fsp3) is 0.308. The molecule has 1 rings (SSSR count). The second-order valence-corrected chi connectivity index (χ2v) is 6.09. The third kappa shape index (κ3) is 3.82. The van der Waals surface area contributed by atoms with Crippen LogP contribution in [0.25, 0.3) is 0 Å². The molecule has 0 radical (unpaired) electrons. The lowest BCUT2D eigenvalue weighted by Crippen LogP contribution is -2.23. The summed E-state index contributed by atoms with van der Waals surface area (Å²) in [4.78, 5) is 13.4. The minimum Gasteiger partial charge on any atom is -0.465 e. The van der Waals surface area contributed by atoms with E-state index in [-0.39, 0.29) is 10.5 Å². The Hall–Kier alpha value is -1.86. The molecule has 0 aromatic heterocycles. The summed E-state index contributed by atoms with van der Waals surface area (Å²) in [7, 11) is -0.875. The average molecular weight is 298 g/mol. The number of primary sulfonamides is 1. The molecule has 110 valence electrons. The smallest absolute Gasteiger partial charge is 0.340 e. The molecule has 7 heteroatoms. The molecule has 6 nitrogen and oxygen atoms in total. The van der Waals surface area contributed by atoms with E-state index in [1.807, 2.05) is 6.92 Å². The van der Waals surface area contributed by atoms with Gasteiger partial charge in [-0.1, -0.05) is 12.2 Å². The van der Waals surface area contributed by atoms with E-state index in [0.717, 1.165) is 5.57 Å². The van der Waals surface area contributed by atoms with Gasteiger partial charge in [-0.05, 0) is 25.1 Å². The number of hydrogen-bond acceptors (Lipinski definition) is 5. The number of rotatable bonds is 5. The summed E-state index contributed by atoms with van der Waals surface area (Å²) in [6, 6.07) is 4.09. The summed E-state index contributed by atoms with van der Waals surface area (Å²) in [5.74, 6) is -0.626. The number of nitrogens with two attached hydrogens (primary N) is 1. The van der Waals surface area contributed by atoms with Gasteiger partial charge in [0.05, 0.1) is 23.3 Å². The van der Waals surface area contributed by atoms with Crippen molar-refractivity contribution < 1.29 is 17.9 Å². The van der Waals surface area contributed by atoms with Crippen molar-refractivity contribution in [2.75, 3.05) is 25.6 Å². The fourth-order valence-electron chi connectivity index (χ4n) is 1.79. The van der Waals surface area contributed by atoms with Crippen LogP contribution in [0, 0.1) is 0 Å². The minimum absolute atomic E-state index is 0.134. The maximum absolute atomic E-state index is 11.8. The van der Waals surface area contributed by atoms with E-state index in [4.69, 9.17) is 5.14 Å². The van der Waals surface area contributed by atoms with Gasteiger partial charge < -0.3 is 9.64 Å². The predicted octanol–water partition coefficient (Wildman–Crippen LogP) is 1.13. The number of hydrogen-bond donors (Lipinski definition) is 1. The lowest BCUT2D eigenvalue weighted by molar-refractivity contribution is 0.0601. The maximum Gasteiger partial charge on any atom is 0.340 e. The average Bonchev–Trinajstić information content (AvgIpc) is 2.35. The van der Waals surface area contributed by atoms with Crippen LogP contribution in [0.4, 0.5) is 5.69 Å². The van der Waals surface area contributed by atoms with Crippen molar-refractivity contribution in [2.45, 2.75) is 11.8 Å². The number of ether oxygens (including phenoxy) is 1. The molecular weight excluding hydrogens is 280 g/mol. The highest BCUT2D eigenvalue weighted by Gasteiger charge is 2.19. The van der Waals surface area contributed by atoms with Gasteiger partial charge in [-0.2, -0.15) is 0 Å². The molecule has 0 heterocycles. The lowest BCUT2D eigenvalue weighted by atomic mass is 10.1. The van der Waals surface area contributed by atoms with E-state index in [0.29, 0.717) is 12.2 Å². The molecule has 20 heavy (non-hydrogen) atoms. The largest absolute Gasteiger partial charge is 0.465 e. The van der Waals surface area contributed by atoms with Gasteiger partial charge in [0.1, 0.15) is 0 Å².